The van der Waals surface area contributed by atoms with Gasteiger partial charge in [0.15, 0.2) is 0 Å². The minimum Gasteiger partial charge on any atom is -0.465 e. The maximum absolute atomic E-state index is 12.2. The van der Waals surface area contributed by atoms with Crippen molar-refractivity contribution in [1.29, 1.82) is 0 Å². The maximum Gasteiger partial charge on any atom is 0.401 e. The van der Waals surface area contributed by atoms with E-state index in [-0.39, 0.29) is 6.61 Å². The summed E-state index contributed by atoms with van der Waals surface area (Å²) in [6, 6.07) is 0. The number of hydrogen-bond donors (Lipinski definition) is 1. The lowest BCUT2D eigenvalue weighted by atomic mass is 9.92. The third kappa shape index (κ3) is 6.83. The molecule has 108 valence electrons. The molecule has 0 spiro atoms. The number of esters is 1. The van der Waals surface area contributed by atoms with Crippen LogP contribution in [0.3, 0.4) is 0 Å². The van der Waals surface area contributed by atoms with E-state index < -0.39 is 24.2 Å². The van der Waals surface area contributed by atoms with Crippen LogP contribution in [0.1, 0.15) is 40.5 Å². The number of rotatable bonds is 7. The standard InChI is InChI=1S/C12H22F3NO2/c1-5-18-10(17)11(4,7-6-9(2)3)16-8-12(13,14)15/h9,16H,5-8H2,1-4H3. The fourth-order valence-corrected chi connectivity index (χ4v) is 1.43. The quantitative estimate of drug-likeness (QED) is 0.722. The summed E-state index contributed by atoms with van der Waals surface area (Å²) >= 11 is 0. The summed E-state index contributed by atoms with van der Waals surface area (Å²) in [5, 5.41) is 2.28. The van der Waals surface area contributed by atoms with Gasteiger partial charge in [0.05, 0.1) is 13.2 Å². The van der Waals surface area contributed by atoms with Crippen molar-refractivity contribution in [2.75, 3.05) is 13.2 Å². The highest BCUT2D eigenvalue weighted by Gasteiger charge is 2.38. The summed E-state index contributed by atoms with van der Waals surface area (Å²) in [6.45, 7) is 5.96. The van der Waals surface area contributed by atoms with Crippen LogP contribution in [0.25, 0.3) is 0 Å². The van der Waals surface area contributed by atoms with E-state index in [1.807, 2.05) is 13.8 Å². The summed E-state index contributed by atoms with van der Waals surface area (Å²) in [5.74, 6) is -0.318. The topological polar surface area (TPSA) is 38.3 Å². The molecule has 0 amide bonds. The van der Waals surface area contributed by atoms with Crippen molar-refractivity contribution in [3.05, 3.63) is 0 Å². The number of halogens is 3. The highest BCUT2D eigenvalue weighted by Crippen LogP contribution is 2.21. The second-order valence-electron chi connectivity index (χ2n) is 4.95. The van der Waals surface area contributed by atoms with E-state index in [1.165, 1.54) is 6.92 Å². The van der Waals surface area contributed by atoms with E-state index in [0.29, 0.717) is 18.8 Å². The molecule has 0 aromatic heterocycles. The third-order valence-corrected chi connectivity index (χ3v) is 2.63. The number of carbonyl (C=O) groups excluding carboxylic acids is 1. The lowest BCUT2D eigenvalue weighted by Crippen LogP contribution is -2.53. The zero-order valence-corrected chi connectivity index (χ0v) is 11.4. The van der Waals surface area contributed by atoms with Crippen LogP contribution in [0.5, 0.6) is 0 Å². The van der Waals surface area contributed by atoms with Crippen LogP contribution in [-0.2, 0) is 9.53 Å². The number of alkyl halides is 3. The van der Waals surface area contributed by atoms with Gasteiger partial charge in [-0.25, -0.2) is 0 Å². The van der Waals surface area contributed by atoms with Crippen molar-refractivity contribution >= 4 is 5.97 Å². The van der Waals surface area contributed by atoms with Gasteiger partial charge in [0.25, 0.3) is 0 Å². The first kappa shape index (κ1) is 17.2. The van der Waals surface area contributed by atoms with Crippen molar-refractivity contribution in [2.24, 2.45) is 5.92 Å². The Bertz CT molecular complexity index is 267. The zero-order chi connectivity index (χ0) is 14.4. The molecule has 0 aromatic rings. The first-order valence-electron chi connectivity index (χ1n) is 6.09. The van der Waals surface area contributed by atoms with Gasteiger partial charge in [-0.1, -0.05) is 13.8 Å². The van der Waals surface area contributed by atoms with E-state index in [2.05, 4.69) is 5.32 Å². The highest BCUT2D eigenvalue weighted by molar-refractivity contribution is 5.80. The molecule has 6 heteroatoms. The smallest absolute Gasteiger partial charge is 0.401 e. The SMILES string of the molecule is CCOC(=O)C(C)(CCC(C)C)NCC(F)(F)F. The zero-order valence-electron chi connectivity index (χ0n) is 11.4. The number of hydrogen-bond acceptors (Lipinski definition) is 3. The van der Waals surface area contributed by atoms with Crippen molar-refractivity contribution < 1.29 is 22.7 Å². The first-order valence-corrected chi connectivity index (χ1v) is 6.09. The fraction of sp³-hybridized carbons (Fsp3) is 0.917. The van der Waals surface area contributed by atoms with Crippen molar-refractivity contribution in [2.45, 2.75) is 52.3 Å². The first-order chi connectivity index (χ1) is 8.10. The van der Waals surface area contributed by atoms with Crippen LogP contribution in [0, 0.1) is 5.92 Å². The van der Waals surface area contributed by atoms with E-state index >= 15 is 0 Å². The highest BCUT2D eigenvalue weighted by atomic mass is 19.4. The van der Waals surface area contributed by atoms with Crippen molar-refractivity contribution in [3.63, 3.8) is 0 Å². The minimum absolute atomic E-state index is 0.157. The Morgan fingerprint density at radius 2 is 1.89 bits per heavy atom. The predicted molar refractivity (Wildman–Crippen MR) is 63.2 cm³/mol. The van der Waals surface area contributed by atoms with Crippen LogP contribution >= 0.6 is 0 Å². The lowest BCUT2D eigenvalue weighted by molar-refractivity contribution is -0.155. The van der Waals surface area contributed by atoms with Gasteiger partial charge in [-0.05, 0) is 32.6 Å². The molecule has 0 aliphatic carbocycles. The number of nitrogens with one attached hydrogen (secondary N) is 1. The molecule has 0 saturated carbocycles. The van der Waals surface area contributed by atoms with E-state index in [9.17, 15) is 18.0 Å². The van der Waals surface area contributed by atoms with Gasteiger partial charge in [-0.3, -0.25) is 10.1 Å². The van der Waals surface area contributed by atoms with Gasteiger partial charge in [-0.15, -0.1) is 0 Å². The Morgan fingerprint density at radius 1 is 1.33 bits per heavy atom. The average molecular weight is 269 g/mol. The van der Waals surface area contributed by atoms with E-state index in [1.54, 1.807) is 6.92 Å². The number of ether oxygens (including phenoxy) is 1. The molecule has 0 bridgehead atoms. The van der Waals surface area contributed by atoms with Crippen LogP contribution in [0.2, 0.25) is 0 Å². The molecule has 0 fully saturated rings. The van der Waals surface area contributed by atoms with Crippen LogP contribution in [0.15, 0.2) is 0 Å². The second-order valence-corrected chi connectivity index (χ2v) is 4.95. The Labute approximate surface area is 106 Å². The molecule has 0 saturated heterocycles. The van der Waals surface area contributed by atoms with Gasteiger partial charge in [0, 0.05) is 0 Å². The molecule has 1 N–H and O–H groups in total. The molecule has 3 nitrogen and oxygen atoms in total. The van der Waals surface area contributed by atoms with Crippen LogP contribution in [-0.4, -0.2) is 30.8 Å². The monoisotopic (exact) mass is 269 g/mol. The third-order valence-electron chi connectivity index (χ3n) is 2.63. The maximum atomic E-state index is 12.2. The predicted octanol–water partition coefficient (Wildman–Crippen LogP) is 2.90. The minimum atomic E-state index is -4.34. The fourth-order valence-electron chi connectivity index (χ4n) is 1.43. The molecular weight excluding hydrogens is 247 g/mol. The Hall–Kier alpha value is -0.780. The molecule has 1 unspecified atom stereocenters. The van der Waals surface area contributed by atoms with Gasteiger partial charge in [-0.2, -0.15) is 13.2 Å². The second kappa shape index (κ2) is 6.97. The summed E-state index contributed by atoms with van der Waals surface area (Å²) in [5.41, 5.74) is -1.28. The number of carbonyl (C=O) groups is 1. The Kier molecular flexibility index (Phi) is 6.67. The molecule has 0 aliphatic heterocycles. The largest absolute Gasteiger partial charge is 0.465 e. The lowest BCUT2D eigenvalue weighted by Gasteiger charge is -2.29. The summed E-state index contributed by atoms with van der Waals surface area (Å²) < 4.78 is 41.5. The molecule has 0 rings (SSSR count). The van der Waals surface area contributed by atoms with Gasteiger partial charge in [0.1, 0.15) is 5.54 Å². The Morgan fingerprint density at radius 3 is 2.28 bits per heavy atom. The molecule has 0 aromatic carbocycles. The summed E-state index contributed by atoms with van der Waals surface area (Å²) in [4.78, 5) is 11.7. The average Bonchev–Trinajstić information content (AvgIpc) is 2.23. The summed E-state index contributed by atoms with van der Waals surface area (Å²) in [7, 11) is 0. The molecule has 1 atom stereocenters. The van der Waals surface area contributed by atoms with Crippen LogP contribution in [0.4, 0.5) is 13.2 Å². The van der Waals surface area contributed by atoms with E-state index in [0.717, 1.165) is 0 Å². The van der Waals surface area contributed by atoms with Crippen LogP contribution < -0.4 is 5.32 Å². The van der Waals surface area contributed by atoms with Crippen molar-refractivity contribution in [1.82, 2.24) is 5.32 Å². The molecular formula is C12H22F3NO2. The Balaban J connectivity index is 4.63. The van der Waals surface area contributed by atoms with Crippen molar-refractivity contribution in [3.8, 4) is 0 Å². The molecule has 0 radical (unpaired) electrons. The summed E-state index contributed by atoms with van der Waals surface area (Å²) in [6.07, 6.45) is -3.37. The molecule has 0 heterocycles. The molecule has 0 aliphatic rings. The molecule has 18 heavy (non-hydrogen) atoms. The van der Waals surface area contributed by atoms with Gasteiger partial charge >= 0.3 is 12.1 Å². The van der Waals surface area contributed by atoms with Gasteiger partial charge < -0.3 is 4.74 Å². The van der Waals surface area contributed by atoms with Gasteiger partial charge in [0.2, 0.25) is 0 Å². The van der Waals surface area contributed by atoms with E-state index in [4.69, 9.17) is 4.74 Å². The normalized spacial score (nSPS) is 15.6.